The van der Waals surface area contributed by atoms with Crippen LogP contribution in [0, 0.1) is 0 Å². The van der Waals surface area contributed by atoms with Gasteiger partial charge in [0.15, 0.2) is 0 Å². The van der Waals surface area contributed by atoms with E-state index in [4.69, 9.17) is 14.2 Å². The van der Waals surface area contributed by atoms with E-state index in [2.05, 4.69) is 19.7 Å². The van der Waals surface area contributed by atoms with Gasteiger partial charge in [-0.1, -0.05) is 19.7 Å². The minimum absolute atomic E-state index is 0.0502. The smallest absolute Gasteiger partial charge is 0.330 e. The Balaban J connectivity index is 4.31. The third kappa shape index (κ3) is 14.8. The lowest BCUT2D eigenvalue weighted by molar-refractivity contribution is -0.139. The molecular formula is C21H31NO7. The van der Waals surface area contributed by atoms with Crippen LogP contribution in [0.2, 0.25) is 0 Å². The van der Waals surface area contributed by atoms with Crippen molar-refractivity contribution >= 4 is 23.8 Å². The Morgan fingerprint density at radius 2 is 1.00 bits per heavy atom. The van der Waals surface area contributed by atoms with Crippen molar-refractivity contribution in [1.29, 1.82) is 0 Å². The minimum Gasteiger partial charge on any atom is -0.463 e. The number of ether oxygens (including phenoxy) is 3. The van der Waals surface area contributed by atoms with Crippen molar-refractivity contribution in [3.8, 4) is 0 Å². The topological polar surface area (TPSA) is 99.2 Å². The molecule has 0 N–H and O–H groups in total. The first-order chi connectivity index (χ1) is 13.9. The first-order valence-corrected chi connectivity index (χ1v) is 9.60. The molecule has 0 bridgehead atoms. The van der Waals surface area contributed by atoms with Crippen LogP contribution in [0.15, 0.2) is 38.0 Å². The lowest BCUT2D eigenvalue weighted by Gasteiger charge is -2.23. The standard InChI is InChI=1S/C21H31NO7/c1-4-19(24)27-15-9-7-13-22(14-8-10-16-28-20(25)5-2)18(23)12-11-17-29-21(26)6-3/h4-6H,1-3,7-17H2. The van der Waals surface area contributed by atoms with Crippen LogP contribution in [0.3, 0.4) is 0 Å². The van der Waals surface area contributed by atoms with E-state index >= 15 is 0 Å². The van der Waals surface area contributed by atoms with Crippen molar-refractivity contribution in [2.45, 2.75) is 38.5 Å². The summed E-state index contributed by atoms with van der Waals surface area (Å²) >= 11 is 0. The molecule has 0 aromatic heterocycles. The van der Waals surface area contributed by atoms with E-state index in [-0.39, 0.29) is 32.1 Å². The number of hydrogen-bond donors (Lipinski definition) is 0. The molecule has 0 unspecified atom stereocenters. The van der Waals surface area contributed by atoms with Gasteiger partial charge in [0, 0.05) is 37.7 Å². The number of esters is 3. The molecule has 0 rings (SSSR count). The van der Waals surface area contributed by atoms with E-state index < -0.39 is 17.9 Å². The van der Waals surface area contributed by atoms with Gasteiger partial charge in [-0.05, 0) is 32.1 Å². The van der Waals surface area contributed by atoms with Gasteiger partial charge in [0.05, 0.1) is 19.8 Å². The van der Waals surface area contributed by atoms with E-state index in [1.54, 1.807) is 4.90 Å². The van der Waals surface area contributed by atoms with Gasteiger partial charge in [0.25, 0.3) is 0 Å². The lowest BCUT2D eigenvalue weighted by atomic mass is 10.2. The molecule has 0 radical (unpaired) electrons. The molecule has 8 nitrogen and oxygen atoms in total. The number of carbonyl (C=O) groups is 4. The van der Waals surface area contributed by atoms with Crippen LogP contribution >= 0.6 is 0 Å². The van der Waals surface area contributed by atoms with Gasteiger partial charge in [0.1, 0.15) is 0 Å². The fourth-order valence-electron chi connectivity index (χ4n) is 2.25. The van der Waals surface area contributed by atoms with Crippen LogP contribution in [0.5, 0.6) is 0 Å². The number of hydrogen-bond acceptors (Lipinski definition) is 7. The number of rotatable bonds is 17. The predicted molar refractivity (Wildman–Crippen MR) is 108 cm³/mol. The maximum absolute atomic E-state index is 12.5. The normalized spacial score (nSPS) is 9.79. The first kappa shape index (κ1) is 26.1. The molecule has 29 heavy (non-hydrogen) atoms. The summed E-state index contributed by atoms with van der Waals surface area (Å²) in [6.07, 6.45) is 6.55. The molecule has 1 amide bonds. The highest BCUT2D eigenvalue weighted by Crippen LogP contribution is 2.05. The molecule has 0 fully saturated rings. The average Bonchev–Trinajstić information content (AvgIpc) is 2.73. The Bertz CT molecular complexity index is 541. The zero-order valence-electron chi connectivity index (χ0n) is 16.9. The molecule has 0 aliphatic heterocycles. The maximum Gasteiger partial charge on any atom is 0.330 e. The largest absolute Gasteiger partial charge is 0.463 e. The molecule has 0 saturated carbocycles. The number of nitrogens with zero attached hydrogens (tertiary/aromatic N) is 1. The minimum atomic E-state index is -0.516. The Morgan fingerprint density at radius 3 is 1.38 bits per heavy atom. The van der Waals surface area contributed by atoms with Crippen LogP contribution in [0.25, 0.3) is 0 Å². The predicted octanol–water partition coefficient (Wildman–Crippen LogP) is 2.34. The van der Waals surface area contributed by atoms with Crippen molar-refractivity contribution in [1.82, 2.24) is 4.90 Å². The van der Waals surface area contributed by atoms with Crippen LogP contribution in [-0.4, -0.2) is 61.6 Å². The van der Waals surface area contributed by atoms with Crippen LogP contribution in [0.1, 0.15) is 38.5 Å². The maximum atomic E-state index is 12.5. The molecule has 8 heteroatoms. The van der Waals surface area contributed by atoms with Gasteiger partial charge in [-0.15, -0.1) is 0 Å². The number of amides is 1. The van der Waals surface area contributed by atoms with Gasteiger partial charge in [-0.25, -0.2) is 14.4 Å². The Kier molecular flexibility index (Phi) is 15.5. The summed E-state index contributed by atoms with van der Waals surface area (Å²) in [5.74, 6) is -1.51. The molecule has 0 aliphatic rings. The SMILES string of the molecule is C=CC(=O)OCCCCN(CCCCOC(=O)C=C)C(=O)CCCOC(=O)C=C. The summed E-state index contributed by atoms with van der Waals surface area (Å²) in [7, 11) is 0. The Hall–Kier alpha value is -2.90. The fourth-order valence-corrected chi connectivity index (χ4v) is 2.25. The Morgan fingerprint density at radius 1 is 0.621 bits per heavy atom. The fraction of sp³-hybridized carbons (Fsp3) is 0.524. The molecule has 0 aromatic carbocycles. The van der Waals surface area contributed by atoms with Crippen molar-refractivity contribution in [2.75, 3.05) is 32.9 Å². The number of unbranched alkanes of at least 4 members (excludes halogenated alkanes) is 2. The first-order valence-electron chi connectivity index (χ1n) is 9.60. The summed E-state index contributed by atoms with van der Waals surface area (Å²) in [5, 5.41) is 0. The van der Waals surface area contributed by atoms with E-state index in [1.807, 2.05) is 0 Å². The highest BCUT2D eigenvalue weighted by atomic mass is 16.5. The zero-order chi connectivity index (χ0) is 21.9. The summed E-state index contributed by atoms with van der Waals surface area (Å²) in [6, 6.07) is 0. The molecule has 0 saturated heterocycles. The third-order valence-corrected chi connectivity index (χ3v) is 3.77. The van der Waals surface area contributed by atoms with Gasteiger partial charge < -0.3 is 19.1 Å². The second kappa shape index (κ2) is 17.2. The molecule has 0 aromatic rings. The Labute approximate surface area is 172 Å². The van der Waals surface area contributed by atoms with E-state index in [1.165, 1.54) is 0 Å². The van der Waals surface area contributed by atoms with Gasteiger partial charge in [-0.3, -0.25) is 4.79 Å². The summed E-state index contributed by atoms with van der Waals surface area (Å²) < 4.78 is 14.7. The van der Waals surface area contributed by atoms with E-state index in [0.29, 0.717) is 45.2 Å². The van der Waals surface area contributed by atoms with Gasteiger partial charge in [0.2, 0.25) is 5.91 Å². The highest BCUT2D eigenvalue weighted by Gasteiger charge is 2.13. The molecule has 0 heterocycles. The number of carbonyl (C=O) groups excluding carboxylic acids is 4. The van der Waals surface area contributed by atoms with Crippen LogP contribution in [-0.2, 0) is 33.4 Å². The van der Waals surface area contributed by atoms with Crippen LogP contribution < -0.4 is 0 Å². The second-order valence-corrected chi connectivity index (χ2v) is 6.01. The van der Waals surface area contributed by atoms with Crippen molar-refractivity contribution in [3.05, 3.63) is 38.0 Å². The highest BCUT2D eigenvalue weighted by molar-refractivity contribution is 5.81. The molecule has 0 spiro atoms. The third-order valence-electron chi connectivity index (χ3n) is 3.77. The van der Waals surface area contributed by atoms with Crippen molar-refractivity contribution in [3.63, 3.8) is 0 Å². The van der Waals surface area contributed by atoms with E-state index in [9.17, 15) is 19.2 Å². The molecule has 0 atom stereocenters. The molecular weight excluding hydrogens is 378 g/mol. The molecule has 162 valence electrons. The summed E-state index contributed by atoms with van der Waals surface area (Å²) in [5.41, 5.74) is 0. The van der Waals surface area contributed by atoms with Crippen molar-refractivity contribution < 1.29 is 33.4 Å². The van der Waals surface area contributed by atoms with Crippen LogP contribution in [0.4, 0.5) is 0 Å². The summed E-state index contributed by atoms with van der Waals surface area (Å²) in [6.45, 7) is 11.7. The van der Waals surface area contributed by atoms with Crippen molar-refractivity contribution in [2.24, 2.45) is 0 Å². The monoisotopic (exact) mass is 409 g/mol. The second-order valence-electron chi connectivity index (χ2n) is 6.01. The van der Waals surface area contributed by atoms with Gasteiger partial charge >= 0.3 is 17.9 Å². The summed E-state index contributed by atoms with van der Waals surface area (Å²) in [4.78, 5) is 47.2. The lowest BCUT2D eigenvalue weighted by Crippen LogP contribution is -2.33. The van der Waals surface area contributed by atoms with Gasteiger partial charge in [-0.2, -0.15) is 0 Å². The molecule has 0 aliphatic carbocycles. The zero-order valence-corrected chi connectivity index (χ0v) is 16.9. The average molecular weight is 409 g/mol. The van der Waals surface area contributed by atoms with E-state index in [0.717, 1.165) is 18.2 Å². The quantitative estimate of drug-likeness (QED) is 0.157.